The van der Waals surface area contributed by atoms with Crippen LogP contribution in [0, 0.1) is 0 Å². The molecule has 0 aliphatic rings. The van der Waals surface area contributed by atoms with E-state index in [1.54, 1.807) is 0 Å². The van der Waals surface area contributed by atoms with Gasteiger partial charge in [0.1, 0.15) is 10.6 Å². The Kier molecular flexibility index (Phi) is 2.56. The highest BCUT2D eigenvalue weighted by Crippen LogP contribution is 2.27. The normalized spacial score (nSPS) is 11.3. The number of carboxylic acid groups (broad SMARTS) is 1. The highest BCUT2D eigenvalue weighted by molar-refractivity contribution is 7.86. The summed E-state index contributed by atoms with van der Waals surface area (Å²) in [7, 11) is -4.71. The third kappa shape index (κ3) is 2.17. The lowest BCUT2D eigenvalue weighted by atomic mass is 10.2. The predicted molar refractivity (Wildman–Crippen MR) is 49.3 cm³/mol. The Hall–Kier alpha value is -1.80. The molecule has 0 radical (unpaired) electrons. The predicted octanol–water partition coefficient (Wildman–Crippen LogP) is -0.0807. The molecule has 0 aliphatic heterocycles. The topological polar surface area (TPSA) is 138 Å². The average Bonchev–Trinajstić information content (AvgIpc) is 2.06. The van der Waals surface area contributed by atoms with Crippen LogP contribution in [0.1, 0.15) is 10.4 Å². The van der Waals surface area contributed by atoms with E-state index in [1.165, 1.54) is 0 Å². The van der Waals surface area contributed by atoms with E-state index in [-0.39, 0.29) is 5.69 Å². The van der Waals surface area contributed by atoms with E-state index in [1.807, 2.05) is 0 Å². The summed E-state index contributed by atoms with van der Waals surface area (Å²) >= 11 is 0. The van der Waals surface area contributed by atoms with Gasteiger partial charge in [-0.1, -0.05) is 0 Å². The van der Waals surface area contributed by atoms with Gasteiger partial charge in [-0.2, -0.15) is 8.42 Å². The number of carbonyl (C=O) groups is 1. The number of benzene rings is 1. The molecule has 0 aromatic heterocycles. The summed E-state index contributed by atoms with van der Waals surface area (Å²) in [6.45, 7) is 0. The first-order chi connectivity index (χ1) is 6.73. The Morgan fingerprint density at radius 2 is 1.87 bits per heavy atom. The number of hydrogen-bond acceptors (Lipinski definition) is 5. The molecule has 1 aromatic rings. The van der Waals surface area contributed by atoms with Crippen molar-refractivity contribution >= 4 is 21.8 Å². The molecule has 0 heterocycles. The first kappa shape index (κ1) is 11.3. The van der Waals surface area contributed by atoms with Gasteiger partial charge >= 0.3 is 5.97 Å². The van der Waals surface area contributed by atoms with E-state index < -0.39 is 32.3 Å². The van der Waals surface area contributed by atoms with Crippen LogP contribution in [-0.2, 0) is 10.1 Å². The Labute approximate surface area is 84.5 Å². The van der Waals surface area contributed by atoms with Gasteiger partial charge in [-0.3, -0.25) is 4.55 Å². The highest BCUT2D eigenvalue weighted by atomic mass is 32.2. The summed E-state index contributed by atoms with van der Waals surface area (Å²) in [4.78, 5) is 9.72. The van der Waals surface area contributed by atoms with Crippen molar-refractivity contribution in [3.63, 3.8) is 0 Å². The number of anilines is 1. The number of aromatic carboxylic acids is 1. The van der Waals surface area contributed by atoms with Gasteiger partial charge in [-0.05, 0) is 6.07 Å². The van der Waals surface area contributed by atoms with Crippen molar-refractivity contribution in [1.29, 1.82) is 0 Å². The van der Waals surface area contributed by atoms with Gasteiger partial charge in [0.2, 0.25) is 0 Å². The van der Waals surface area contributed by atoms with E-state index in [2.05, 4.69) is 0 Å². The lowest BCUT2D eigenvalue weighted by molar-refractivity contribution is 0.0692. The fourth-order valence-electron chi connectivity index (χ4n) is 0.966. The molecule has 82 valence electrons. The third-order valence-electron chi connectivity index (χ3n) is 1.64. The molecule has 0 amide bonds. The molecule has 1 rings (SSSR count). The number of phenolic OH excluding ortho intramolecular Hbond substituents is 1. The minimum atomic E-state index is -4.71. The third-order valence-corrected chi connectivity index (χ3v) is 2.53. The van der Waals surface area contributed by atoms with Crippen LogP contribution in [0.4, 0.5) is 5.69 Å². The van der Waals surface area contributed by atoms with Crippen molar-refractivity contribution in [3.05, 3.63) is 17.7 Å². The zero-order chi connectivity index (χ0) is 11.8. The lowest BCUT2D eigenvalue weighted by Crippen LogP contribution is -2.09. The molecule has 0 bridgehead atoms. The maximum absolute atomic E-state index is 10.8. The molecule has 0 fully saturated rings. The van der Waals surface area contributed by atoms with Gasteiger partial charge in [0.25, 0.3) is 10.1 Å². The number of nitrogens with two attached hydrogens (primary N) is 1. The summed E-state index contributed by atoms with van der Waals surface area (Å²) in [5.41, 5.74) is 4.19. The number of carboxylic acids is 1. The van der Waals surface area contributed by atoms with Gasteiger partial charge in [0, 0.05) is 6.07 Å². The molecular weight excluding hydrogens is 226 g/mol. The van der Waals surface area contributed by atoms with Gasteiger partial charge in [0.15, 0.2) is 0 Å². The van der Waals surface area contributed by atoms with Crippen LogP contribution in [0.2, 0.25) is 0 Å². The molecule has 1 aromatic carbocycles. The van der Waals surface area contributed by atoms with Gasteiger partial charge in [-0.25, -0.2) is 4.79 Å². The van der Waals surface area contributed by atoms with Crippen LogP contribution in [0.3, 0.4) is 0 Å². The number of hydrogen-bond donors (Lipinski definition) is 4. The van der Waals surface area contributed by atoms with Crippen LogP contribution < -0.4 is 5.73 Å². The first-order valence-electron chi connectivity index (χ1n) is 3.56. The molecule has 15 heavy (non-hydrogen) atoms. The fraction of sp³-hybridized carbons (Fsp3) is 0. The monoisotopic (exact) mass is 233 g/mol. The standard InChI is InChI=1S/C7H7NO6S/c8-4-1-3(7(10)11)6(2-5(4)9)15(12,13)14/h1-2,9H,8H2,(H,10,11)(H,12,13,14). The van der Waals surface area contributed by atoms with Crippen LogP contribution in [0.5, 0.6) is 5.75 Å². The van der Waals surface area contributed by atoms with E-state index in [4.69, 9.17) is 20.5 Å². The minimum absolute atomic E-state index is 0.292. The summed E-state index contributed by atoms with van der Waals surface area (Å²) in [5, 5.41) is 17.7. The SMILES string of the molecule is Nc1cc(C(=O)O)c(S(=O)(=O)O)cc1O. The van der Waals surface area contributed by atoms with E-state index in [0.29, 0.717) is 6.07 Å². The van der Waals surface area contributed by atoms with Crippen LogP contribution >= 0.6 is 0 Å². The second-order valence-corrected chi connectivity index (χ2v) is 4.08. The Morgan fingerprint density at radius 1 is 1.33 bits per heavy atom. The number of phenols is 1. The largest absolute Gasteiger partial charge is 0.506 e. The van der Waals surface area contributed by atoms with Gasteiger partial charge < -0.3 is 15.9 Å². The smallest absolute Gasteiger partial charge is 0.337 e. The molecule has 0 unspecified atom stereocenters. The average molecular weight is 233 g/mol. The summed E-state index contributed by atoms with van der Waals surface area (Å²) in [6.07, 6.45) is 0. The van der Waals surface area contributed by atoms with Crippen LogP contribution in [0.15, 0.2) is 17.0 Å². The summed E-state index contributed by atoms with van der Waals surface area (Å²) in [5.74, 6) is -2.19. The number of rotatable bonds is 2. The maximum atomic E-state index is 10.8. The van der Waals surface area contributed by atoms with E-state index >= 15 is 0 Å². The molecule has 0 saturated heterocycles. The molecule has 5 N–H and O–H groups in total. The Morgan fingerprint density at radius 3 is 2.27 bits per heavy atom. The quantitative estimate of drug-likeness (QED) is 0.318. The van der Waals surface area contributed by atoms with Crippen molar-refractivity contribution in [3.8, 4) is 5.75 Å². The van der Waals surface area contributed by atoms with Crippen molar-refractivity contribution < 1.29 is 28.0 Å². The zero-order valence-electron chi connectivity index (χ0n) is 7.21. The molecule has 0 aliphatic carbocycles. The Bertz CT molecular complexity index is 521. The second-order valence-electron chi connectivity index (χ2n) is 2.69. The number of aromatic hydroxyl groups is 1. The molecule has 0 atom stereocenters. The molecule has 7 nitrogen and oxygen atoms in total. The fourth-order valence-corrected chi connectivity index (χ4v) is 1.65. The molecule has 0 spiro atoms. The summed E-state index contributed by atoms with van der Waals surface area (Å²) < 4.78 is 30.2. The highest BCUT2D eigenvalue weighted by Gasteiger charge is 2.22. The molecular formula is C7H7NO6S. The van der Waals surface area contributed by atoms with Gasteiger partial charge in [-0.15, -0.1) is 0 Å². The lowest BCUT2D eigenvalue weighted by Gasteiger charge is -2.05. The van der Waals surface area contributed by atoms with Gasteiger partial charge in [0.05, 0.1) is 11.3 Å². The second kappa shape index (κ2) is 3.41. The van der Waals surface area contributed by atoms with E-state index in [0.717, 1.165) is 6.07 Å². The van der Waals surface area contributed by atoms with Crippen LogP contribution in [-0.4, -0.2) is 29.2 Å². The molecule has 0 saturated carbocycles. The van der Waals surface area contributed by atoms with Crippen LogP contribution in [0.25, 0.3) is 0 Å². The van der Waals surface area contributed by atoms with Crippen molar-refractivity contribution in [1.82, 2.24) is 0 Å². The number of nitrogen functional groups attached to an aromatic ring is 1. The van der Waals surface area contributed by atoms with Crippen molar-refractivity contribution in [2.45, 2.75) is 4.90 Å². The van der Waals surface area contributed by atoms with Crippen molar-refractivity contribution in [2.24, 2.45) is 0 Å². The summed E-state index contributed by atoms with van der Waals surface area (Å²) in [6, 6.07) is 1.33. The Balaban J connectivity index is 3.64. The van der Waals surface area contributed by atoms with E-state index in [9.17, 15) is 13.2 Å². The zero-order valence-corrected chi connectivity index (χ0v) is 8.02. The maximum Gasteiger partial charge on any atom is 0.337 e. The first-order valence-corrected chi connectivity index (χ1v) is 5.00. The molecule has 8 heteroatoms. The van der Waals surface area contributed by atoms with Crippen molar-refractivity contribution in [2.75, 3.05) is 5.73 Å². The minimum Gasteiger partial charge on any atom is -0.506 e.